The fourth-order valence-electron chi connectivity index (χ4n) is 3.40. The number of carbonyl (C=O) groups is 1. The van der Waals surface area contributed by atoms with Gasteiger partial charge in [-0.25, -0.2) is 4.79 Å². The van der Waals surface area contributed by atoms with Gasteiger partial charge in [0, 0.05) is 19.2 Å². The molecule has 2 aliphatic rings. The van der Waals surface area contributed by atoms with Crippen molar-refractivity contribution in [2.75, 3.05) is 20.3 Å². The predicted octanol–water partition coefficient (Wildman–Crippen LogP) is 2.12. The van der Waals surface area contributed by atoms with Crippen molar-refractivity contribution in [2.24, 2.45) is 0 Å². The highest BCUT2D eigenvalue weighted by atomic mass is 16.8. The summed E-state index contributed by atoms with van der Waals surface area (Å²) in [6, 6.07) is 9.46. The molecular formula is C20H29NO7. The molecule has 0 radical (unpaired) electrons. The molecule has 0 aliphatic carbocycles. The van der Waals surface area contributed by atoms with Crippen LogP contribution in [0.15, 0.2) is 30.3 Å². The molecule has 0 bridgehead atoms. The van der Waals surface area contributed by atoms with Gasteiger partial charge >= 0.3 is 6.09 Å². The van der Waals surface area contributed by atoms with E-state index in [1.165, 1.54) is 7.11 Å². The number of unbranched alkanes of at least 4 members (excludes halogenated alkanes) is 2. The van der Waals surface area contributed by atoms with E-state index in [1.54, 1.807) is 0 Å². The zero-order chi connectivity index (χ0) is 19.9. The topological polar surface area (TPSA) is 95.5 Å². The number of hydrogen-bond acceptors (Lipinski definition) is 7. The van der Waals surface area contributed by atoms with Gasteiger partial charge < -0.3 is 34.1 Å². The third-order valence-corrected chi connectivity index (χ3v) is 4.90. The highest BCUT2D eigenvalue weighted by molar-refractivity contribution is 5.67. The van der Waals surface area contributed by atoms with Crippen LogP contribution in [0.3, 0.4) is 0 Å². The van der Waals surface area contributed by atoms with Gasteiger partial charge in [-0.15, -0.1) is 0 Å². The lowest BCUT2D eigenvalue weighted by atomic mass is 9.97. The summed E-state index contributed by atoms with van der Waals surface area (Å²) in [5, 5.41) is 13.3. The Labute approximate surface area is 165 Å². The molecule has 2 aliphatic heterocycles. The molecule has 2 saturated heterocycles. The lowest BCUT2D eigenvalue weighted by molar-refractivity contribution is -0.357. The third kappa shape index (κ3) is 5.01. The van der Waals surface area contributed by atoms with Crippen molar-refractivity contribution in [1.29, 1.82) is 0 Å². The summed E-state index contributed by atoms with van der Waals surface area (Å²) >= 11 is 0. The number of methoxy groups -OCH3 is 1. The molecule has 3 rings (SSSR count). The molecule has 1 unspecified atom stereocenters. The summed E-state index contributed by atoms with van der Waals surface area (Å²) in [6.45, 7) is 2.84. The third-order valence-electron chi connectivity index (χ3n) is 4.90. The molecule has 1 aromatic carbocycles. The predicted molar refractivity (Wildman–Crippen MR) is 99.5 cm³/mol. The average molecular weight is 395 g/mol. The Hall–Kier alpha value is -1.71. The Morgan fingerprint density at radius 3 is 2.75 bits per heavy atom. The van der Waals surface area contributed by atoms with Crippen LogP contribution in [-0.4, -0.2) is 62.2 Å². The van der Waals surface area contributed by atoms with Gasteiger partial charge in [-0.1, -0.05) is 50.1 Å². The van der Waals surface area contributed by atoms with E-state index in [0.29, 0.717) is 6.54 Å². The van der Waals surface area contributed by atoms with Gasteiger partial charge in [0.25, 0.3) is 0 Å². The Bertz CT molecular complexity index is 614. The number of ether oxygens (including phenoxy) is 5. The highest BCUT2D eigenvalue weighted by Gasteiger charge is 2.51. The van der Waals surface area contributed by atoms with E-state index in [9.17, 15) is 9.90 Å². The van der Waals surface area contributed by atoms with Crippen LogP contribution >= 0.6 is 0 Å². The number of alkyl carbamates (subject to hydrolysis) is 1. The van der Waals surface area contributed by atoms with E-state index in [0.717, 1.165) is 24.8 Å². The first-order valence-electron chi connectivity index (χ1n) is 9.76. The van der Waals surface area contributed by atoms with Crippen LogP contribution in [-0.2, 0) is 23.7 Å². The zero-order valence-corrected chi connectivity index (χ0v) is 16.3. The smallest absolute Gasteiger partial charge is 0.407 e. The Morgan fingerprint density at radius 1 is 1.25 bits per heavy atom. The van der Waals surface area contributed by atoms with Crippen molar-refractivity contribution in [3.63, 3.8) is 0 Å². The fourth-order valence-corrected chi connectivity index (χ4v) is 3.40. The first-order valence-corrected chi connectivity index (χ1v) is 9.76. The van der Waals surface area contributed by atoms with Crippen molar-refractivity contribution < 1.29 is 33.6 Å². The van der Waals surface area contributed by atoms with Crippen molar-refractivity contribution >= 4 is 6.09 Å². The molecule has 2 N–H and O–H groups in total. The molecule has 2 fully saturated rings. The molecule has 8 nitrogen and oxygen atoms in total. The fraction of sp³-hybridized carbons (Fsp3) is 0.650. The monoisotopic (exact) mass is 395 g/mol. The molecule has 6 atom stereocenters. The number of benzene rings is 1. The quantitative estimate of drug-likeness (QED) is 0.683. The van der Waals surface area contributed by atoms with Crippen LogP contribution in [0.25, 0.3) is 0 Å². The Morgan fingerprint density at radius 2 is 2.04 bits per heavy atom. The minimum Gasteiger partial charge on any atom is -0.440 e. The molecule has 8 heteroatoms. The van der Waals surface area contributed by atoms with E-state index in [-0.39, 0.29) is 6.61 Å². The lowest BCUT2D eigenvalue weighted by Gasteiger charge is -2.46. The minimum absolute atomic E-state index is 0.231. The van der Waals surface area contributed by atoms with Crippen LogP contribution in [0.5, 0.6) is 0 Å². The number of aliphatic hydroxyl groups excluding tert-OH is 1. The van der Waals surface area contributed by atoms with E-state index in [2.05, 4.69) is 12.2 Å². The van der Waals surface area contributed by atoms with Crippen molar-refractivity contribution in [3.8, 4) is 0 Å². The van der Waals surface area contributed by atoms with Gasteiger partial charge in [-0.3, -0.25) is 0 Å². The van der Waals surface area contributed by atoms with E-state index in [1.807, 2.05) is 30.3 Å². The number of carbonyl (C=O) groups excluding carboxylic acids is 1. The van der Waals surface area contributed by atoms with Gasteiger partial charge in [-0.2, -0.15) is 0 Å². The van der Waals surface area contributed by atoms with Crippen LogP contribution in [0.1, 0.15) is 38.0 Å². The maximum absolute atomic E-state index is 12.2. The number of hydrogen-bond donors (Lipinski definition) is 2. The van der Waals surface area contributed by atoms with Crippen molar-refractivity contribution in [1.82, 2.24) is 5.32 Å². The second-order valence-corrected chi connectivity index (χ2v) is 6.95. The van der Waals surface area contributed by atoms with Gasteiger partial charge in [0.1, 0.15) is 18.3 Å². The number of fused-ring (bicyclic) bond motifs is 1. The van der Waals surface area contributed by atoms with Crippen molar-refractivity contribution in [3.05, 3.63) is 35.9 Å². The summed E-state index contributed by atoms with van der Waals surface area (Å²) in [5.74, 6) is 0. The molecule has 2 heterocycles. The van der Waals surface area contributed by atoms with Crippen LogP contribution < -0.4 is 5.32 Å². The Kier molecular flexibility index (Phi) is 7.64. The summed E-state index contributed by atoms with van der Waals surface area (Å²) in [7, 11) is 1.42. The van der Waals surface area contributed by atoms with Gasteiger partial charge in [0.05, 0.1) is 6.61 Å². The largest absolute Gasteiger partial charge is 0.440 e. The number of nitrogens with one attached hydrogen (secondary N) is 1. The van der Waals surface area contributed by atoms with Crippen LogP contribution in [0.4, 0.5) is 4.79 Å². The minimum atomic E-state index is -1.18. The van der Waals surface area contributed by atoms with Gasteiger partial charge in [0.15, 0.2) is 18.7 Å². The SMILES string of the molecule is CCCCCNC(=O)O[C@@H]1[C@@H](O)[C@@H](OC)O[C@@H]2COC(c3ccccc3)O[C@@H]12. The van der Waals surface area contributed by atoms with E-state index in [4.69, 9.17) is 23.7 Å². The number of amides is 1. The summed E-state index contributed by atoms with van der Waals surface area (Å²) in [4.78, 5) is 12.2. The molecule has 156 valence electrons. The number of aliphatic hydroxyl groups is 1. The first kappa shape index (κ1) is 21.0. The molecule has 1 amide bonds. The second-order valence-electron chi connectivity index (χ2n) is 6.95. The maximum Gasteiger partial charge on any atom is 0.407 e. The summed E-state index contributed by atoms with van der Waals surface area (Å²) in [5.41, 5.74) is 0.840. The lowest BCUT2D eigenvalue weighted by Crippen LogP contribution is -2.63. The van der Waals surface area contributed by atoms with Crippen LogP contribution in [0, 0.1) is 0 Å². The molecule has 0 spiro atoms. The molecular weight excluding hydrogens is 366 g/mol. The van der Waals surface area contributed by atoms with Gasteiger partial charge in [0.2, 0.25) is 0 Å². The summed E-state index contributed by atoms with van der Waals surface area (Å²) in [6.07, 6.45) is -2.52. The zero-order valence-electron chi connectivity index (χ0n) is 16.3. The average Bonchev–Trinajstić information content (AvgIpc) is 2.73. The first-order chi connectivity index (χ1) is 13.6. The van der Waals surface area contributed by atoms with E-state index >= 15 is 0 Å². The number of rotatable bonds is 7. The molecule has 28 heavy (non-hydrogen) atoms. The van der Waals surface area contributed by atoms with E-state index < -0.39 is 43.1 Å². The standard InChI is InChI=1S/C20H29NO7/c1-3-4-8-11-21-20(23)28-17-15(22)19(24-2)26-14-12-25-18(27-16(14)17)13-9-6-5-7-10-13/h5-7,9-10,14-19,22H,3-4,8,11-12H2,1-2H3,(H,21,23)/t14-,15-,16-,17-,18?,19+/m1/s1. The normalized spacial score (nSPS) is 32.4. The summed E-state index contributed by atoms with van der Waals surface area (Å²) < 4.78 is 28.2. The highest BCUT2D eigenvalue weighted by Crippen LogP contribution is 2.35. The molecule has 1 aromatic rings. The Balaban J connectivity index is 1.68. The van der Waals surface area contributed by atoms with Gasteiger partial charge in [-0.05, 0) is 6.42 Å². The molecule has 0 aromatic heterocycles. The maximum atomic E-state index is 12.2. The van der Waals surface area contributed by atoms with Crippen LogP contribution in [0.2, 0.25) is 0 Å². The van der Waals surface area contributed by atoms with Crippen molar-refractivity contribution in [2.45, 2.75) is 63.2 Å². The second kappa shape index (κ2) is 10.2. The molecule has 0 saturated carbocycles.